The molecule has 1 atom stereocenters. The van der Waals surface area contributed by atoms with Gasteiger partial charge in [0, 0.05) is 12.7 Å². The zero-order chi connectivity index (χ0) is 10.6. The number of aromatic nitrogens is 2. The summed E-state index contributed by atoms with van der Waals surface area (Å²) in [5, 5.41) is 3.05. The predicted molar refractivity (Wildman–Crippen MR) is 55.5 cm³/mol. The van der Waals surface area contributed by atoms with Crippen LogP contribution >= 0.6 is 0 Å². The van der Waals surface area contributed by atoms with E-state index in [0.717, 1.165) is 17.9 Å². The monoisotopic (exact) mass is 195 g/mol. The van der Waals surface area contributed by atoms with Crippen LogP contribution in [0.2, 0.25) is 0 Å². The maximum atomic E-state index is 5.63. The molecule has 0 saturated heterocycles. The van der Waals surface area contributed by atoms with Gasteiger partial charge in [-0.1, -0.05) is 0 Å². The van der Waals surface area contributed by atoms with Gasteiger partial charge in [-0.15, -0.1) is 0 Å². The van der Waals surface area contributed by atoms with Crippen molar-refractivity contribution >= 4 is 0 Å². The number of hydrogen-bond donors (Lipinski definition) is 1. The molecular formula is C10H17N3O. The maximum absolute atomic E-state index is 5.63. The standard InChI is InChI=1S/C10H17N3O/c1-7-5-12-9(3)10(13-7)14-8(2)6-11-4/h5,8,11H,6H2,1-4H3. The molecule has 0 aliphatic heterocycles. The molecular weight excluding hydrogens is 178 g/mol. The van der Waals surface area contributed by atoms with Crippen LogP contribution in [0.5, 0.6) is 5.88 Å². The SMILES string of the molecule is CNCC(C)Oc1nc(C)cnc1C. The predicted octanol–water partition coefficient (Wildman–Crippen LogP) is 1.08. The quantitative estimate of drug-likeness (QED) is 0.781. The van der Waals surface area contributed by atoms with Crippen LogP contribution in [0, 0.1) is 13.8 Å². The lowest BCUT2D eigenvalue weighted by atomic mass is 10.4. The topological polar surface area (TPSA) is 47.0 Å². The lowest BCUT2D eigenvalue weighted by molar-refractivity contribution is 0.209. The summed E-state index contributed by atoms with van der Waals surface area (Å²) in [5.74, 6) is 0.632. The third-order valence-electron chi connectivity index (χ3n) is 1.84. The van der Waals surface area contributed by atoms with Gasteiger partial charge < -0.3 is 10.1 Å². The fraction of sp³-hybridized carbons (Fsp3) is 0.600. The number of likely N-dealkylation sites (N-methyl/N-ethyl adjacent to an activating group) is 1. The molecule has 0 aromatic carbocycles. The molecule has 78 valence electrons. The Balaban J connectivity index is 2.70. The first-order valence-electron chi connectivity index (χ1n) is 4.75. The molecule has 0 bridgehead atoms. The van der Waals surface area contributed by atoms with E-state index in [1.807, 2.05) is 27.8 Å². The zero-order valence-electron chi connectivity index (χ0n) is 9.16. The Morgan fingerprint density at radius 2 is 2.21 bits per heavy atom. The second kappa shape index (κ2) is 4.91. The van der Waals surface area contributed by atoms with Crippen molar-refractivity contribution < 1.29 is 4.74 Å². The Kier molecular flexibility index (Phi) is 3.83. The van der Waals surface area contributed by atoms with Gasteiger partial charge in [-0.3, -0.25) is 4.98 Å². The van der Waals surface area contributed by atoms with Gasteiger partial charge in [0.1, 0.15) is 6.10 Å². The molecule has 0 aliphatic rings. The third kappa shape index (κ3) is 2.96. The lowest BCUT2D eigenvalue weighted by Crippen LogP contribution is -2.26. The normalized spacial score (nSPS) is 12.6. The highest BCUT2D eigenvalue weighted by molar-refractivity contribution is 5.18. The van der Waals surface area contributed by atoms with Crippen molar-refractivity contribution in [1.82, 2.24) is 15.3 Å². The van der Waals surface area contributed by atoms with Crippen molar-refractivity contribution in [2.75, 3.05) is 13.6 Å². The van der Waals surface area contributed by atoms with E-state index in [2.05, 4.69) is 15.3 Å². The van der Waals surface area contributed by atoms with Gasteiger partial charge in [-0.05, 0) is 27.8 Å². The highest BCUT2D eigenvalue weighted by atomic mass is 16.5. The van der Waals surface area contributed by atoms with Gasteiger partial charge in [0.05, 0.1) is 11.4 Å². The molecule has 0 saturated carbocycles. The van der Waals surface area contributed by atoms with Crippen LogP contribution in [0.1, 0.15) is 18.3 Å². The number of rotatable bonds is 4. The zero-order valence-corrected chi connectivity index (χ0v) is 9.16. The fourth-order valence-electron chi connectivity index (χ4n) is 1.15. The van der Waals surface area contributed by atoms with E-state index >= 15 is 0 Å². The summed E-state index contributed by atoms with van der Waals surface area (Å²) in [4.78, 5) is 8.47. The van der Waals surface area contributed by atoms with Gasteiger partial charge in [-0.2, -0.15) is 0 Å². The van der Waals surface area contributed by atoms with Gasteiger partial charge in [0.15, 0.2) is 0 Å². The van der Waals surface area contributed by atoms with E-state index in [1.54, 1.807) is 6.20 Å². The minimum Gasteiger partial charge on any atom is -0.472 e. The lowest BCUT2D eigenvalue weighted by Gasteiger charge is -2.14. The molecule has 1 N–H and O–H groups in total. The van der Waals surface area contributed by atoms with Gasteiger partial charge >= 0.3 is 0 Å². The molecule has 1 unspecified atom stereocenters. The van der Waals surface area contributed by atoms with E-state index in [4.69, 9.17) is 4.74 Å². The highest BCUT2D eigenvalue weighted by Crippen LogP contribution is 2.12. The van der Waals surface area contributed by atoms with E-state index < -0.39 is 0 Å². The summed E-state index contributed by atoms with van der Waals surface area (Å²) < 4.78 is 5.63. The van der Waals surface area contributed by atoms with Crippen LogP contribution in [-0.2, 0) is 0 Å². The summed E-state index contributed by atoms with van der Waals surface area (Å²) in [6.07, 6.45) is 1.85. The smallest absolute Gasteiger partial charge is 0.235 e. The van der Waals surface area contributed by atoms with Crippen molar-refractivity contribution in [2.24, 2.45) is 0 Å². The van der Waals surface area contributed by atoms with Gasteiger partial charge in [0.25, 0.3) is 0 Å². The Morgan fingerprint density at radius 1 is 1.50 bits per heavy atom. The summed E-state index contributed by atoms with van der Waals surface area (Å²) in [6, 6.07) is 0. The van der Waals surface area contributed by atoms with Crippen LogP contribution in [0.4, 0.5) is 0 Å². The van der Waals surface area contributed by atoms with Crippen LogP contribution < -0.4 is 10.1 Å². The van der Waals surface area contributed by atoms with Crippen molar-refractivity contribution in [1.29, 1.82) is 0 Å². The maximum Gasteiger partial charge on any atom is 0.235 e. The summed E-state index contributed by atoms with van der Waals surface area (Å²) in [6.45, 7) is 6.60. The van der Waals surface area contributed by atoms with Gasteiger partial charge in [0.2, 0.25) is 5.88 Å². The minimum atomic E-state index is 0.106. The number of nitrogens with zero attached hydrogens (tertiary/aromatic N) is 2. The van der Waals surface area contributed by atoms with Crippen LogP contribution in [0.15, 0.2) is 6.20 Å². The number of aryl methyl sites for hydroxylation is 2. The number of hydrogen-bond acceptors (Lipinski definition) is 4. The van der Waals surface area contributed by atoms with E-state index in [0.29, 0.717) is 5.88 Å². The molecule has 4 heteroatoms. The molecule has 0 radical (unpaired) electrons. The van der Waals surface area contributed by atoms with Crippen molar-refractivity contribution in [3.63, 3.8) is 0 Å². The molecule has 0 aliphatic carbocycles. The van der Waals surface area contributed by atoms with Crippen molar-refractivity contribution in [3.8, 4) is 5.88 Å². The minimum absolute atomic E-state index is 0.106. The second-order valence-corrected chi connectivity index (χ2v) is 3.39. The Bertz CT molecular complexity index is 301. The average molecular weight is 195 g/mol. The molecule has 1 aromatic rings. The average Bonchev–Trinajstić information content (AvgIpc) is 2.12. The van der Waals surface area contributed by atoms with Crippen molar-refractivity contribution in [2.45, 2.75) is 26.9 Å². The summed E-state index contributed by atoms with van der Waals surface area (Å²) in [5.41, 5.74) is 1.71. The van der Waals surface area contributed by atoms with Gasteiger partial charge in [-0.25, -0.2) is 4.98 Å². The Labute approximate surface area is 84.7 Å². The molecule has 1 aromatic heterocycles. The molecule has 4 nitrogen and oxygen atoms in total. The first-order valence-corrected chi connectivity index (χ1v) is 4.75. The number of ether oxygens (including phenoxy) is 1. The fourth-order valence-corrected chi connectivity index (χ4v) is 1.15. The summed E-state index contributed by atoms with van der Waals surface area (Å²) >= 11 is 0. The third-order valence-corrected chi connectivity index (χ3v) is 1.84. The van der Waals surface area contributed by atoms with Crippen LogP contribution in [0.3, 0.4) is 0 Å². The van der Waals surface area contributed by atoms with E-state index in [1.165, 1.54) is 0 Å². The van der Waals surface area contributed by atoms with E-state index in [9.17, 15) is 0 Å². The number of nitrogens with one attached hydrogen (secondary N) is 1. The first-order chi connectivity index (χ1) is 6.63. The Morgan fingerprint density at radius 3 is 2.86 bits per heavy atom. The van der Waals surface area contributed by atoms with Crippen LogP contribution in [-0.4, -0.2) is 29.7 Å². The molecule has 0 amide bonds. The largest absolute Gasteiger partial charge is 0.472 e. The molecule has 0 fully saturated rings. The molecule has 1 rings (SSSR count). The molecule has 14 heavy (non-hydrogen) atoms. The second-order valence-electron chi connectivity index (χ2n) is 3.39. The van der Waals surface area contributed by atoms with Crippen LogP contribution in [0.25, 0.3) is 0 Å². The highest BCUT2D eigenvalue weighted by Gasteiger charge is 2.07. The molecule has 1 heterocycles. The molecule has 0 spiro atoms. The Hall–Kier alpha value is -1.16. The van der Waals surface area contributed by atoms with E-state index in [-0.39, 0.29) is 6.10 Å². The first kappa shape index (κ1) is 10.9. The van der Waals surface area contributed by atoms with Crippen molar-refractivity contribution in [3.05, 3.63) is 17.6 Å². The summed E-state index contributed by atoms with van der Waals surface area (Å²) in [7, 11) is 1.90.